The topological polar surface area (TPSA) is 112 Å². The van der Waals surface area contributed by atoms with Crippen LogP contribution >= 0.6 is 11.8 Å². The Morgan fingerprint density at radius 2 is 1.79 bits per heavy atom. The maximum atomic E-state index is 12.9. The zero-order valence-electron chi connectivity index (χ0n) is 18.3. The second kappa shape index (κ2) is 8.64. The molecular formula is C24H19N5O4S. The number of carbonyl (C=O) groups excluding carboxylic acids is 1. The van der Waals surface area contributed by atoms with E-state index in [-0.39, 0.29) is 28.5 Å². The summed E-state index contributed by atoms with van der Waals surface area (Å²) in [5.74, 6) is 0.350. The number of hydrogen-bond donors (Lipinski definition) is 1. The van der Waals surface area contributed by atoms with Crippen molar-refractivity contribution in [3.8, 4) is 11.6 Å². The number of anilines is 1. The molecule has 9 nitrogen and oxygen atoms in total. The summed E-state index contributed by atoms with van der Waals surface area (Å²) in [6.45, 7) is 0. The predicted molar refractivity (Wildman–Crippen MR) is 131 cm³/mol. The first-order valence-electron chi connectivity index (χ1n) is 10.4. The third-order valence-electron chi connectivity index (χ3n) is 5.41. The minimum Gasteiger partial charge on any atom is -0.461 e. The van der Waals surface area contributed by atoms with Crippen molar-refractivity contribution in [3.05, 3.63) is 81.7 Å². The highest BCUT2D eigenvalue weighted by Gasteiger charge is 2.20. The van der Waals surface area contributed by atoms with Gasteiger partial charge in [-0.1, -0.05) is 48.2 Å². The van der Waals surface area contributed by atoms with E-state index in [2.05, 4.69) is 15.3 Å². The molecule has 1 amide bonds. The van der Waals surface area contributed by atoms with Gasteiger partial charge in [-0.2, -0.15) is 0 Å². The molecule has 0 saturated heterocycles. The van der Waals surface area contributed by atoms with Gasteiger partial charge in [0.15, 0.2) is 17.2 Å². The van der Waals surface area contributed by atoms with Gasteiger partial charge in [-0.25, -0.2) is 14.8 Å². The maximum absolute atomic E-state index is 12.9. The smallest absolute Gasteiger partial charge is 0.332 e. The van der Waals surface area contributed by atoms with Crippen molar-refractivity contribution < 1.29 is 9.21 Å². The summed E-state index contributed by atoms with van der Waals surface area (Å²) in [5.41, 5.74) is -0.162. The molecule has 5 rings (SSSR count). The number of benzene rings is 2. The Kier molecular flexibility index (Phi) is 5.50. The number of aromatic nitrogens is 4. The van der Waals surface area contributed by atoms with E-state index in [9.17, 15) is 14.4 Å². The van der Waals surface area contributed by atoms with Crippen LogP contribution in [0.4, 0.5) is 5.69 Å². The van der Waals surface area contributed by atoms with Gasteiger partial charge in [0, 0.05) is 25.2 Å². The zero-order valence-corrected chi connectivity index (χ0v) is 19.1. The Labute approximate surface area is 197 Å². The minimum atomic E-state index is -0.527. The number of fused-ring (bicyclic) bond motifs is 2. The number of furan rings is 1. The lowest BCUT2D eigenvalue weighted by Crippen LogP contribution is -2.37. The molecule has 0 atom stereocenters. The molecule has 5 aromatic rings. The van der Waals surface area contributed by atoms with Crippen molar-refractivity contribution in [1.82, 2.24) is 19.1 Å². The quantitative estimate of drug-likeness (QED) is 0.308. The highest BCUT2D eigenvalue weighted by Crippen LogP contribution is 2.27. The van der Waals surface area contributed by atoms with Crippen LogP contribution in [-0.2, 0) is 18.9 Å². The molecule has 0 spiro atoms. The van der Waals surface area contributed by atoms with E-state index in [1.807, 2.05) is 42.5 Å². The van der Waals surface area contributed by atoms with Crippen LogP contribution in [0.25, 0.3) is 33.4 Å². The summed E-state index contributed by atoms with van der Waals surface area (Å²) in [6.07, 6.45) is 1.48. The van der Waals surface area contributed by atoms with E-state index in [1.165, 1.54) is 24.9 Å². The highest BCUT2D eigenvalue weighted by atomic mass is 32.2. The summed E-state index contributed by atoms with van der Waals surface area (Å²) >= 11 is 1.10. The zero-order chi connectivity index (χ0) is 23.8. The van der Waals surface area contributed by atoms with E-state index in [4.69, 9.17) is 4.42 Å². The van der Waals surface area contributed by atoms with Crippen LogP contribution in [0, 0.1) is 0 Å². The van der Waals surface area contributed by atoms with Gasteiger partial charge in [-0.3, -0.25) is 18.7 Å². The average Bonchev–Trinajstić information content (AvgIpc) is 3.40. The molecule has 0 aliphatic heterocycles. The number of nitrogens with zero attached hydrogens (tertiary/aromatic N) is 4. The van der Waals surface area contributed by atoms with E-state index in [0.29, 0.717) is 16.5 Å². The van der Waals surface area contributed by atoms with Crippen LogP contribution in [0.2, 0.25) is 0 Å². The summed E-state index contributed by atoms with van der Waals surface area (Å²) in [6, 6.07) is 16.8. The molecule has 1 N–H and O–H groups in total. The largest absolute Gasteiger partial charge is 0.461 e. The fourth-order valence-corrected chi connectivity index (χ4v) is 4.52. The van der Waals surface area contributed by atoms with Crippen molar-refractivity contribution in [1.29, 1.82) is 0 Å². The monoisotopic (exact) mass is 473 g/mol. The van der Waals surface area contributed by atoms with Crippen molar-refractivity contribution in [3.63, 3.8) is 0 Å². The van der Waals surface area contributed by atoms with Crippen LogP contribution in [0.15, 0.2) is 79.9 Å². The van der Waals surface area contributed by atoms with Gasteiger partial charge in [0.2, 0.25) is 5.91 Å². The first-order valence-corrected chi connectivity index (χ1v) is 11.3. The summed E-state index contributed by atoms with van der Waals surface area (Å²) < 4.78 is 7.69. The van der Waals surface area contributed by atoms with Crippen LogP contribution in [0.3, 0.4) is 0 Å². The van der Waals surface area contributed by atoms with Crippen molar-refractivity contribution >= 4 is 45.2 Å². The Morgan fingerprint density at radius 1 is 1.00 bits per heavy atom. The molecule has 3 heterocycles. The second-order valence-electron chi connectivity index (χ2n) is 7.60. The van der Waals surface area contributed by atoms with Crippen LogP contribution < -0.4 is 16.6 Å². The van der Waals surface area contributed by atoms with E-state index in [1.54, 1.807) is 12.1 Å². The second-order valence-corrected chi connectivity index (χ2v) is 8.56. The molecular weight excluding hydrogens is 454 g/mol. The van der Waals surface area contributed by atoms with Crippen LogP contribution in [0.1, 0.15) is 0 Å². The van der Waals surface area contributed by atoms with E-state index < -0.39 is 11.2 Å². The average molecular weight is 474 g/mol. The highest BCUT2D eigenvalue weighted by molar-refractivity contribution is 8.00. The number of rotatable bonds is 5. The van der Waals surface area contributed by atoms with Gasteiger partial charge in [-0.05, 0) is 23.6 Å². The molecule has 34 heavy (non-hydrogen) atoms. The normalized spacial score (nSPS) is 11.2. The number of nitrogens with one attached hydrogen (secondary N) is 1. The van der Waals surface area contributed by atoms with Gasteiger partial charge in [0.05, 0.1) is 12.0 Å². The third kappa shape index (κ3) is 3.77. The molecule has 0 aliphatic rings. The lowest BCUT2D eigenvalue weighted by atomic mass is 10.1. The van der Waals surface area contributed by atoms with E-state index >= 15 is 0 Å². The molecule has 170 valence electrons. The summed E-state index contributed by atoms with van der Waals surface area (Å²) in [5, 5.41) is 5.34. The first kappa shape index (κ1) is 21.7. The standard InChI is InChI=1S/C24H19N5O4S/c1-28-21-19(23(31)29(2)24(28)32)22(27-20(26-21)17-11-6-12-33-17)34-13-18(30)25-16-10-5-8-14-7-3-4-9-15(14)16/h3-12H,13H2,1-2H3,(H,25,30). The van der Waals surface area contributed by atoms with Crippen molar-refractivity contribution in [2.45, 2.75) is 5.03 Å². The Hall–Kier alpha value is -4.18. The molecule has 10 heteroatoms. The lowest BCUT2D eigenvalue weighted by Gasteiger charge is -2.12. The molecule has 0 saturated carbocycles. The van der Waals surface area contributed by atoms with Crippen LogP contribution in [0.5, 0.6) is 0 Å². The number of carbonyl (C=O) groups is 1. The van der Waals surface area contributed by atoms with Crippen molar-refractivity contribution in [2.75, 3.05) is 11.1 Å². The minimum absolute atomic E-state index is 0.00107. The number of hydrogen-bond acceptors (Lipinski definition) is 7. The fraction of sp³-hybridized carbons (Fsp3) is 0.125. The molecule has 0 aliphatic carbocycles. The lowest BCUT2D eigenvalue weighted by molar-refractivity contribution is -0.113. The van der Waals surface area contributed by atoms with Crippen molar-refractivity contribution in [2.24, 2.45) is 14.1 Å². The summed E-state index contributed by atoms with van der Waals surface area (Å²) in [7, 11) is 2.93. The first-order chi connectivity index (χ1) is 16.4. The maximum Gasteiger partial charge on any atom is 0.332 e. The fourth-order valence-electron chi connectivity index (χ4n) is 3.70. The Balaban J connectivity index is 1.52. The van der Waals surface area contributed by atoms with Gasteiger partial charge in [0.25, 0.3) is 5.56 Å². The van der Waals surface area contributed by atoms with Gasteiger partial charge in [-0.15, -0.1) is 0 Å². The Morgan fingerprint density at radius 3 is 2.59 bits per heavy atom. The van der Waals surface area contributed by atoms with Gasteiger partial charge in [0.1, 0.15) is 10.4 Å². The van der Waals surface area contributed by atoms with Gasteiger partial charge >= 0.3 is 5.69 Å². The third-order valence-corrected chi connectivity index (χ3v) is 6.39. The molecule has 2 aromatic carbocycles. The number of amides is 1. The van der Waals surface area contributed by atoms with Crippen LogP contribution in [-0.4, -0.2) is 30.8 Å². The number of aryl methyl sites for hydroxylation is 1. The van der Waals surface area contributed by atoms with Gasteiger partial charge < -0.3 is 9.73 Å². The Bertz CT molecular complexity index is 1670. The van der Waals surface area contributed by atoms with E-state index in [0.717, 1.165) is 27.1 Å². The molecule has 0 radical (unpaired) electrons. The molecule has 0 fully saturated rings. The molecule has 3 aromatic heterocycles. The SMILES string of the molecule is Cn1c(=O)c2c(SCC(=O)Nc3cccc4ccccc34)nc(-c3ccco3)nc2n(C)c1=O. The molecule has 0 unspecified atom stereocenters. The predicted octanol–water partition coefficient (Wildman–Crippen LogP) is 3.17. The molecule has 0 bridgehead atoms. The summed E-state index contributed by atoms with van der Waals surface area (Å²) in [4.78, 5) is 47.1. The number of thioether (sulfide) groups is 1.